The van der Waals surface area contributed by atoms with E-state index in [4.69, 9.17) is 27.9 Å². The van der Waals surface area contributed by atoms with E-state index in [1.807, 2.05) is 19.1 Å². The van der Waals surface area contributed by atoms with Crippen LogP contribution in [0.5, 0.6) is 5.88 Å². The van der Waals surface area contributed by atoms with Crippen LogP contribution in [-0.2, 0) is 6.61 Å². The van der Waals surface area contributed by atoms with Gasteiger partial charge in [0, 0.05) is 11.1 Å². The Morgan fingerprint density at radius 1 is 1.00 bits per heavy atom. The van der Waals surface area contributed by atoms with Crippen molar-refractivity contribution >= 4 is 23.2 Å². The number of hydrogen-bond acceptors (Lipinski definition) is 5. The molecule has 0 aliphatic rings. The van der Waals surface area contributed by atoms with Gasteiger partial charge in [0.15, 0.2) is 5.15 Å². The summed E-state index contributed by atoms with van der Waals surface area (Å²) in [6, 6.07) is 10.6. The van der Waals surface area contributed by atoms with Crippen LogP contribution < -0.4 is 4.74 Å². The molecule has 0 N–H and O–H groups in total. The van der Waals surface area contributed by atoms with E-state index in [9.17, 15) is 0 Å². The Balaban J connectivity index is 1.83. The molecule has 0 aliphatic carbocycles. The maximum absolute atomic E-state index is 5.90. The highest BCUT2D eigenvalue weighted by Gasteiger charge is 2.12. The number of aryl methyl sites for hydroxylation is 1. The summed E-state index contributed by atoms with van der Waals surface area (Å²) in [6.07, 6.45) is 0. The first-order chi connectivity index (χ1) is 10.6. The molecule has 0 aliphatic heterocycles. The average molecular weight is 336 g/mol. The number of benzene rings is 1. The summed E-state index contributed by atoms with van der Waals surface area (Å²) in [7, 11) is 0. The van der Waals surface area contributed by atoms with Crippen LogP contribution in [0.1, 0.15) is 11.4 Å². The topological polar surface area (TPSA) is 65.7 Å². The van der Waals surface area contributed by atoms with Gasteiger partial charge in [-0.2, -0.15) is 0 Å². The van der Waals surface area contributed by atoms with Crippen molar-refractivity contribution in [1.82, 2.24) is 25.2 Å². The first-order valence-electron chi connectivity index (χ1n) is 6.42. The Kier molecular flexibility index (Phi) is 4.22. The second-order valence-corrected chi connectivity index (χ2v) is 5.32. The Hall–Kier alpha value is -2.18. The van der Waals surface area contributed by atoms with Gasteiger partial charge in [0.25, 0.3) is 0 Å². The average Bonchev–Trinajstić information content (AvgIpc) is 2.89. The van der Waals surface area contributed by atoms with Crippen LogP contribution in [0.3, 0.4) is 0 Å². The third-order valence-electron chi connectivity index (χ3n) is 2.99. The zero-order chi connectivity index (χ0) is 15.5. The van der Waals surface area contributed by atoms with Gasteiger partial charge in [-0.1, -0.05) is 28.4 Å². The van der Waals surface area contributed by atoms with Crippen LogP contribution in [0.15, 0.2) is 36.4 Å². The molecule has 8 heteroatoms. The molecule has 22 heavy (non-hydrogen) atoms. The fourth-order valence-corrected chi connectivity index (χ4v) is 2.08. The molecule has 0 radical (unpaired) electrons. The van der Waals surface area contributed by atoms with Crippen molar-refractivity contribution in [2.45, 2.75) is 13.5 Å². The highest BCUT2D eigenvalue weighted by Crippen LogP contribution is 2.17. The zero-order valence-corrected chi connectivity index (χ0v) is 13.1. The molecule has 2 aromatic heterocycles. The first-order valence-corrected chi connectivity index (χ1v) is 7.18. The summed E-state index contributed by atoms with van der Waals surface area (Å²) in [5.41, 5.74) is 2.45. The maximum Gasteiger partial charge on any atom is 0.233 e. The predicted molar refractivity (Wildman–Crippen MR) is 82.5 cm³/mol. The molecule has 0 unspecified atom stereocenters. The van der Waals surface area contributed by atoms with Gasteiger partial charge in [-0.15, -0.1) is 15.3 Å². The van der Waals surface area contributed by atoms with Crippen molar-refractivity contribution in [3.63, 3.8) is 0 Å². The monoisotopic (exact) mass is 335 g/mol. The van der Waals surface area contributed by atoms with Crippen LogP contribution in [-0.4, -0.2) is 25.2 Å². The van der Waals surface area contributed by atoms with Crippen molar-refractivity contribution in [1.29, 1.82) is 0 Å². The molecular weight excluding hydrogens is 325 g/mol. The van der Waals surface area contributed by atoms with Gasteiger partial charge in [-0.3, -0.25) is 0 Å². The second kappa shape index (κ2) is 6.29. The van der Waals surface area contributed by atoms with Gasteiger partial charge in [0.1, 0.15) is 12.3 Å². The number of aromatic nitrogens is 5. The van der Waals surface area contributed by atoms with Crippen molar-refractivity contribution in [2.75, 3.05) is 0 Å². The van der Waals surface area contributed by atoms with E-state index in [2.05, 4.69) is 20.5 Å². The number of nitrogens with zero attached hydrogens (tertiary/aromatic N) is 5. The van der Waals surface area contributed by atoms with Gasteiger partial charge >= 0.3 is 0 Å². The summed E-state index contributed by atoms with van der Waals surface area (Å²) < 4.78 is 7.32. The normalized spacial score (nSPS) is 10.7. The van der Waals surface area contributed by atoms with E-state index in [-0.39, 0.29) is 6.61 Å². The minimum atomic E-state index is 0.262. The van der Waals surface area contributed by atoms with Gasteiger partial charge in [0.05, 0.1) is 11.4 Å². The van der Waals surface area contributed by atoms with Crippen LogP contribution >= 0.6 is 23.2 Å². The number of hydrogen-bond donors (Lipinski definition) is 0. The van der Waals surface area contributed by atoms with E-state index in [1.54, 1.807) is 28.9 Å². The lowest BCUT2D eigenvalue weighted by atomic mass is 10.3. The van der Waals surface area contributed by atoms with Gasteiger partial charge < -0.3 is 4.74 Å². The Labute approximate surface area is 136 Å². The Bertz CT molecular complexity index is 771. The molecule has 112 valence electrons. The molecule has 1 aromatic carbocycles. The third-order valence-corrected chi connectivity index (χ3v) is 3.45. The molecule has 0 saturated carbocycles. The van der Waals surface area contributed by atoms with Crippen LogP contribution in [0.2, 0.25) is 10.2 Å². The fraction of sp³-hybridized carbons (Fsp3) is 0.143. The summed E-state index contributed by atoms with van der Waals surface area (Å²) in [6.45, 7) is 2.13. The van der Waals surface area contributed by atoms with E-state index < -0.39 is 0 Å². The molecule has 0 amide bonds. The largest absolute Gasteiger partial charge is 0.470 e. The molecule has 0 saturated heterocycles. The standard InChI is InChI=1S/C14H11Cl2N5O/c1-9-12(8-22-14-7-6-13(16)18-19-14)21(20-17-9)11-4-2-10(15)3-5-11/h2-7H,8H2,1H3. The third kappa shape index (κ3) is 3.18. The molecule has 0 spiro atoms. The molecule has 6 nitrogen and oxygen atoms in total. The first kappa shape index (κ1) is 14.7. The van der Waals surface area contributed by atoms with E-state index in [0.29, 0.717) is 16.1 Å². The van der Waals surface area contributed by atoms with E-state index in [1.165, 1.54) is 0 Å². The summed E-state index contributed by atoms with van der Waals surface area (Å²) in [4.78, 5) is 0. The number of ether oxygens (including phenoxy) is 1. The molecule has 0 bridgehead atoms. The SMILES string of the molecule is Cc1nnn(-c2ccc(Cl)cc2)c1COc1ccc(Cl)nn1. The molecule has 2 heterocycles. The van der Waals surface area contributed by atoms with Crippen LogP contribution in [0, 0.1) is 6.92 Å². The Morgan fingerprint density at radius 2 is 1.77 bits per heavy atom. The Morgan fingerprint density at radius 3 is 2.45 bits per heavy atom. The van der Waals surface area contributed by atoms with Crippen molar-refractivity contribution < 1.29 is 4.74 Å². The van der Waals surface area contributed by atoms with Crippen LogP contribution in [0.25, 0.3) is 5.69 Å². The highest BCUT2D eigenvalue weighted by molar-refractivity contribution is 6.30. The smallest absolute Gasteiger partial charge is 0.233 e. The summed E-state index contributed by atoms with van der Waals surface area (Å²) in [5, 5.41) is 16.8. The minimum Gasteiger partial charge on any atom is -0.470 e. The zero-order valence-electron chi connectivity index (χ0n) is 11.6. The summed E-state index contributed by atoms with van der Waals surface area (Å²) in [5.74, 6) is 0.382. The molecule has 0 fully saturated rings. The van der Waals surface area contributed by atoms with Gasteiger partial charge in [-0.25, -0.2) is 4.68 Å². The lowest BCUT2D eigenvalue weighted by Gasteiger charge is -2.08. The highest BCUT2D eigenvalue weighted by atomic mass is 35.5. The van der Waals surface area contributed by atoms with Crippen molar-refractivity contribution in [3.05, 3.63) is 58.0 Å². The number of rotatable bonds is 4. The molecule has 3 rings (SSSR count). The second-order valence-electron chi connectivity index (χ2n) is 4.49. The quantitative estimate of drug-likeness (QED) is 0.732. The van der Waals surface area contributed by atoms with Gasteiger partial charge in [-0.05, 0) is 37.3 Å². The van der Waals surface area contributed by atoms with E-state index >= 15 is 0 Å². The van der Waals surface area contributed by atoms with Crippen molar-refractivity contribution in [3.8, 4) is 11.6 Å². The number of halogens is 2. The maximum atomic E-state index is 5.90. The lowest BCUT2D eigenvalue weighted by molar-refractivity contribution is 0.281. The van der Waals surface area contributed by atoms with E-state index in [0.717, 1.165) is 17.1 Å². The molecular formula is C14H11Cl2N5O. The van der Waals surface area contributed by atoms with Crippen LogP contribution in [0.4, 0.5) is 0 Å². The predicted octanol–water partition coefficient (Wildman–Crippen LogP) is 3.25. The lowest BCUT2D eigenvalue weighted by Crippen LogP contribution is -2.07. The summed E-state index contributed by atoms with van der Waals surface area (Å²) >= 11 is 11.6. The van der Waals surface area contributed by atoms with Crippen molar-refractivity contribution in [2.24, 2.45) is 0 Å². The fourth-order valence-electron chi connectivity index (χ4n) is 1.86. The molecule has 0 atom stereocenters. The van der Waals surface area contributed by atoms with Gasteiger partial charge in [0.2, 0.25) is 5.88 Å². The molecule has 3 aromatic rings. The minimum absolute atomic E-state index is 0.262.